The minimum absolute atomic E-state index is 0.0795. The summed E-state index contributed by atoms with van der Waals surface area (Å²) in [7, 11) is 1.82. The van der Waals surface area contributed by atoms with Gasteiger partial charge in [0, 0.05) is 13.2 Å². The number of benzene rings is 2. The van der Waals surface area contributed by atoms with Crippen LogP contribution in [-0.4, -0.2) is 19.3 Å². The molecule has 0 spiro atoms. The third kappa shape index (κ3) is 2.96. The number of aromatic nitrogens is 4. The Morgan fingerprint density at radius 3 is 2.68 bits per heavy atom. The molecule has 0 amide bonds. The molecule has 5 heteroatoms. The predicted octanol–water partition coefficient (Wildman–Crippen LogP) is 3.02. The summed E-state index contributed by atoms with van der Waals surface area (Å²) in [5.41, 5.74) is 4.91. The van der Waals surface area contributed by atoms with E-state index in [4.69, 9.17) is 0 Å². The zero-order valence-corrected chi connectivity index (χ0v) is 14.2. The van der Waals surface area contributed by atoms with Crippen molar-refractivity contribution >= 4 is 10.9 Å². The van der Waals surface area contributed by atoms with Crippen LogP contribution >= 0.6 is 0 Å². The first-order valence-electron chi connectivity index (χ1n) is 8.15. The quantitative estimate of drug-likeness (QED) is 0.580. The molecule has 2 aromatic heterocycles. The molecule has 0 radical (unpaired) electrons. The van der Waals surface area contributed by atoms with Crippen LogP contribution in [0.2, 0.25) is 0 Å². The standard InChI is InChI=1S/C20H18N4O/c1-14-4-3-5-15(8-14)9-16-6-7-19-18(10-16)20(25)24(13-21-19)17-11-22-23(2)12-17/h3-8,10-13H,9H2,1-2H3. The van der Waals surface area contributed by atoms with E-state index in [1.165, 1.54) is 15.7 Å². The van der Waals surface area contributed by atoms with Gasteiger partial charge in [-0.2, -0.15) is 5.10 Å². The molecule has 0 bridgehead atoms. The van der Waals surface area contributed by atoms with E-state index in [-0.39, 0.29) is 5.56 Å². The van der Waals surface area contributed by atoms with E-state index >= 15 is 0 Å². The molecular weight excluding hydrogens is 312 g/mol. The zero-order chi connectivity index (χ0) is 17.4. The highest BCUT2D eigenvalue weighted by Crippen LogP contribution is 2.16. The van der Waals surface area contributed by atoms with Crippen LogP contribution in [0.25, 0.3) is 16.6 Å². The maximum Gasteiger partial charge on any atom is 0.265 e. The second-order valence-electron chi connectivity index (χ2n) is 6.31. The van der Waals surface area contributed by atoms with Crippen molar-refractivity contribution in [1.82, 2.24) is 19.3 Å². The van der Waals surface area contributed by atoms with E-state index in [9.17, 15) is 4.79 Å². The van der Waals surface area contributed by atoms with Gasteiger partial charge in [-0.1, -0.05) is 35.9 Å². The van der Waals surface area contributed by atoms with Gasteiger partial charge in [-0.15, -0.1) is 0 Å². The smallest absolute Gasteiger partial charge is 0.265 e. The van der Waals surface area contributed by atoms with E-state index in [0.29, 0.717) is 16.6 Å². The first kappa shape index (κ1) is 15.3. The van der Waals surface area contributed by atoms with E-state index < -0.39 is 0 Å². The Kier molecular flexibility index (Phi) is 3.69. The third-order valence-electron chi connectivity index (χ3n) is 4.28. The summed E-state index contributed by atoms with van der Waals surface area (Å²) >= 11 is 0. The highest BCUT2D eigenvalue weighted by atomic mass is 16.1. The summed E-state index contributed by atoms with van der Waals surface area (Å²) in [6.45, 7) is 2.08. The van der Waals surface area contributed by atoms with Gasteiger partial charge >= 0.3 is 0 Å². The molecule has 0 saturated carbocycles. The summed E-state index contributed by atoms with van der Waals surface area (Å²) in [6.07, 6.45) is 5.80. The summed E-state index contributed by atoms with van der Waals surface area (Å²) in [5.74, 6) is 0. The first-order valence-corrected chi connectivity index (χ1v) is 8.15. The van der Waals surface area contributed by atoms with Crippen LogP contribution in [0.3, 0.4) is 0 Å². The fourth-order valence-corrected chi connectivity index (χ4v) is 3.05. The molecule has 2 heterocycles. The van der Waals surface area contributed by atoms with Gasteiger partial charge in [-0.05, 0) is 36.6 Å². The largest absolute Gasteiger partial charge is 0.274 e. The van der Waals surface area contributed by atoms with Crippen molar-refractivity contribution < 1.29 is 0 Å². The van der Waals surface area contributed by atoms with E-state index in [0.717, 1.165) is 12.0 Å². The van der Waals surface area contributed by atoms with Gasteiger partial charge in [-0.25, -0.2) is 4.98 Å². The van der Waals surface area contributed by atoms with Crippen LogP contribution < -0.4 is 5.56 Å². The van der Waals surface area contributed by atoms with Crippen LogP contribution in [0.15, 0.2) is 66.0 Å². The lowest BCUT2D eigenvalue weighted by Gasteiger charge is -2.07. The van der Waals surface area contributed by atoms with Crippen LogP contribution in [0.4, 0.5) is 0 Å². The van der Waals surface area contributed by atoms with Gasteiger partial charge < -0.3 is 0 Å². The topological polar surface area (TPSA) is 52.7 Å². The molecule has 4 aromatic rings. The number of aryl methyl sites for hydroxylation is 2. The number of nitrogens with zero attached hydrogens (tertiary/aromatic N) is 4. The van der Waals surface area contributed by atoms with Crippen molar-refractivity contribution in [3.8, 4) is 5.69 Å². The number of hydrogen-bond donors (Lipinski definition) is 0. The summed E-state index contributed by atoms with van der Waals surface area (Å²) in [4.78, 5) is 17.3. The van der Waals surface area contributed by atoms with Gasteiger partial charge in [0.2, 0.25) is 0 Å². The Morgan fingerprint density at radius 1 is 1.08 bits per heavy atom. The normalized spacial score (nSPS) is 11.1. The molecule has 25 heavy (non-hydrogen) atoms. The summed E-state index contributed by atoms with van der Waals surface area (Å²) in [6, 6.07) is 14.3. The Bertz CT molecular complexity index is 1120. The second-order valence-corrected chi connectivity index (χ2v) is 6.31. The Labute approximate surface area is 145 Å². The lowest BCUT2D eigenvalue weighted by Crippen LogP contribution is -2.18. The molecule has 0 unspecified atom stereocenters. The number of hydrogen-bond acceptors (Lipinski definition) is 3. The van der Waals surface area contributed by atoms with Crippen LogP contribution in [-0.2, 0) is 13.5 Å². The van der Waals surface area contributed by atoms with Crippen LogP contribution in [0.1, 0.15) is 16.7 Å². The maximum absolute atomic E-state index is 12.9. The average molecular weight is 330 g/mol. The van der Waals surface area contributed by atoms with Gasteiger partial charge in [0.15, 0.2) is 0 Å². The number of rotatable bonds is 3. The SMILES string of the molecule is Cc1cccc(Cc2ccc3ncn(-c4cnn(C)c4)c(=O)c3c2)c1. The lowest BCUT2D eigenvalue weighted by atomic mass is 10.0. The van der Waals surface area contributed by atoms with Crippen LogP contribution in [0, 0.1) is 6.92 Å². The van der Waals surface area contributed by atoms with Crippen molar-refractivity contribution in [2.45, 2.75) is 13.3 Å². The summed E-state index contributed by atoms with van der Waals surface area (Å²) in [5, 5.41) is 4.75. The monoisotopic (exact) mass is 330 g/mol. The Hall–Kier alpha value is -3.21. The highest BCUT2D eigenvalue weighted by molar-refractivity contribution is 5.78. The molecule has 0 saturated heterocycles. The molecule has 5 nitrogen and oxygen atoms in total. The van der Waals surface area contributed by atoms with Gasteiger partial charge in [0.25, 0.3) is 5.56 Å². The molecule has 0 atom stereocenters. The third-order valence-corrected chi connectivity index (χ3v) is 4.28. The van der Waals surface area contributed by atoms with Crippen molar-refractivity contribution in [1.29, 1.82) is 0 Å². The fraction of sp³-hybridized carbons (Fsp3) is 0.150. The molecule has 2 aromatic carbocycles. The number of fused-ring (bicyclic) bond motifs is 1. The van der Waals surface area contributed by atoms with E-state index in [2.05, 4.69) is 41.3 Å². The van der Waals surface area contributed by atoms with E-state index in [1.807, 2.05) is 25.2 Å². The molecule has 4 rings (SSSR count). The Balaban J connectivity index is 1.79. The lowest BCUT2D eigenvalue weighted by molar-refractivity contribution is 0.767. The predicted molar refractivity (Wildman–Crippen MR) is 98.1 cm³/mol. The van der Waals surface area contributed by atoms with Gasteiger partial charge in [0.05, 0.1) is 22.8 Å². The molecule has 0 aliphatic carbocycles. The molecule has 0 aliphatic heterocycles. The van der Waals surface area contributed by atoms with Crippen molar-refractivity contribution in [2.75, 3.05) is 0 Å². The Morgan fingerprint density at radius 2 is 1.92 bits per heavy atom. The minimum Gasteiger partial charge on any atom is -0.274 e. The molecule has 0 N–H and O–H groups in total. The van der Waals surface area contributed by atoms with Crippen molar-refractivity contribution in [2.24, 2.45) is 7.05 Å². The van der Waals surface area contributed by atoms with Gasteiger partial charge in [-0.3, -0.25) is 14.0 Å². The van der Waals surface area contributed by atoms with E-state index in [1.54, 1.807) is 23.4 Å². The molecule has 0 fully saturated rings. The average Bonchev–Trinajstić information content (AvgIpc) is 3.02. The zero-order valence-electron chi connectivity index (χ0n) is 14.2. The molecule has 124 valence electrons. The maximum atomic E-state index is 12.9. The highest BCUT2D eigenvalue weighted by Gasteiger charge is 2.08. The van der Waals surface area contributed by atoms with Crippen molar-refractivity contribution in [3.05, 3.63) is 88.2 Å². The minimum atomic E-state index is -0.0795. The fourth-order valence-electron chi connectivity index (χ4n) is 3.05. The van der Waals surface area contributed by atoms with Crippen LogP contribution in [0.5, 0.6) is 0 Å². The first-order chi connectivity index (χ1) is 12.1. The summed E-state index contributed by atoms with van der Waals surface area (Å²) < 4.78 is 3.20. The molecule has 0 aliphatic rings. The second kappa shape index (κ2) is 6.02. The van der Waals surface area contributed by atoms with Gasteiger partial charge in [0.1, 0.15) is 6.33 Å². The van der Waals surface area contributed by atoms with Crippen molar-refractivity contribution in [3.63, 3.8) is 0 Å². The molecular formula is C20H18N4O.